The molecule has 0 radical (unpaired) electrons. The highest BCUT2D eigenvalue weighted by atomic mass is 16.5. The summed E-state index contributed by atoms with van der Waals surface area (Å²) in [4.78, 5) is 2.60. The molecule has 0 bridgehead atoms. The highest BCUT2D eigenvalue weighted by Gasteiger charge is 2.42. The Labute approximate surface area is 117 Å². The molecule has 1 aliphatic heterocycles. The molecule has 3 rings (SSSR count). The lowest BCUT2D eigenvalue weighted by Crippen LogP contribution is -2.45. The molecule has 3 fully saturated rings. The topological polar surface area (TPSA) is 32.7 Å². The Hall–Kier alpha value is -0.120. The number of hydrogen-bond donors (Lipinski definition) is 1. The molecular formula is C16H29NO2. The normalized spacial score (nSPS) is 30.3. The van der Waals surface area contributed by atoms with Gasteiger partial charge in [-0.1, -0.05) is 19.3 Å². The number of nitrogens with zero attached hydrogens (tertiary/aromatic N) is 1. The monoisotopic (exact) mass is 267 g/mol. The van der Waals surface area contributed by atoms with Crippen LogP contribution in [0.2, 0.25) is 0 Å². The van der Waals surface area contributed by atoms with E-state index in [-0.39, 0.29) is 5.60 Å². The van der Waals surface area contributed by atoms with E-state index in [2.05, 4.69) is 4.90 Å². The Morgan fingerprint density at radius 1 is 1.05 bits per heavy atom. The Balaban J connectivity index is 1.50. The molecule has 1 unspecified atom stereocenters. The third kappa shape index (κ3) is 3.14. The van der Waals surface area contributed by atoms with E-state index in [0.717, 1.165) is 25.6 Å². The van der Waals surface area contributed by atoms with Crippen LogP contribution in [0.4, 0.5) is 0 Å². The zero-order valence-corrected chi connectivity index (χ0v) is 12.1. The van der Waals surface area contributed by atoms with E-state index in [4.69, 9.17) is 9.84 Å². The number of hydrogen-bond acceptors (Lipinski definition) is 3. The lowest BCUT2D eigenvalue weighted by atomic mass is 9.91. The van der Waals surface area contributed by atoms with Crippen molar-refractivity contribution in [2.45, 2.75) is 82.0 Å². The van der Waals surface area contributed by atoms with Crippen LogP contribution < -0.4 is 0 Å². The van der Waals surface area contributed by atoms with Crippen LogP contribution in [0.15, 0.2) is 0 Å². The number of aliphatic hydroxyl groups is 1. The van der Waals surface area contributed by atoms with Crippen LogP contribution in [0.25, 0.3) is 0 Å². The van der Waals surface area contributed by atoms with E-state index in [1.165, 1.54) is 57.8 Å². The molecule has 1 heterocycles. The zero-order valence-electron chi connectivity index (χ0n) is 12.1. The smallest absolute Gasteiger partial charge is 0.0710 e. The SMILES string of the molecule is OCCCN(CC1CCC2(CCCC2)O1)C1CCC1. The first-order valence-electron chi connectivity index (χ1n) is 8.34. The highest BCUT2D eigenvalue weighted by Crippen LogP contribution is 2.43. The Kier molecular flexibility index (Phi) is 4.45. The molecule has 0 aromatic rings. The largest absolute Gasteiger partial charge is 0.396 e. The molecule has 0 aromatic carbocycles. The van der Waals surface area contributed by atoms with Crippen molar-refractivity contribution in [2.24, 2.45) is 0 Å². The molecule has 3 nitrogen and oxygen atoms in total. The third-order valence-electron chi connectivity index (χ3n) is 5.49. The molecule has 3 heteroatoms. The van der Waals surface area contributed by atoms with Gasteiger partial charge < -0.3 is 9.84 Å². The van der Waals surface area contributed by atoms with Crippen molar-refractivity contribution in [3.05, 3.63) is 0 Å². The van der Waals surface area contributed by atoms with Crippen LogP contribution in [-0.4, -0.2) is 47.4 Å². The molecule has 3 aliphatic rings. The molecule has 19 heavy (non-hydrogen) atoms. The Morgan fingerprint density at radius 3 is 2.47 bits per heavy atom. The van der Waals surface area contributed by atoms with Gasteiger partial charge in [0.1, 0.15) is 0 Å². The van der Waals surface area contributed by atoms with Crippen molar-refractivity contribution in [3.63, 3.8) is 0 Å². The molecule has 2 saturated carbocycles. The fourth-order valence-corrected chi connectivity index (χ4v) is 4.12. The highest BCUT2D eigenvalue weighted by molar-refractivity contribution is 4.94. The van der Waals surface area contributed by atoms with Gasteiger partial charge in [-0.05, 0) is 44.9 Å². The fourth-order valence-electron chi connectivity index (χ4n) is 4.12. The molecule has 0 amide bonds. The molecule has 1 N–H and O–H groups in total. The number of aliphatic hydroxyl groups excluding tert-OH is 1. The van der Waals surface area contributed by atoms with Crippen LogP contribution in [0.5, 0.6) is 0 Å². The van der Waals surface area contributed by atoms with Crippen molar-refractivity contribution in [1.82, 2.24) is 4.90 Å². The van der Waals surface area contributed by atoms with Gasteiger partial charge in [-0.2, -0.15) is 0 Å². The standard InChI is InChI=1S/C16H29NO2/c18-12-4-11-17(14-5-3-6-14)13-15-7-10-16(19-15)8-1-2-9-16/h14-15,18H,1-13H2. The van der Waals surface area contributed by atoms with E-state index in [9.17, 15) is 0 Å². The maximum absolute atomic E-state index is 9.06. The minimum Gasteiger partial charge on any atom is -0.396 e. The summed E-state index contributed by atoms with van der Waals surface area (Å²) in [5, 5.41) is 9.06. The summed E-state index contributed by atoms with van der Waals surface area (Å²) in [6.45, 7) is 2.47. The van der Waals surface area contributed by atoms with Gasteiger partial charge in [-0.15, -0.1) is 0 Å². The summed E-state index contributed by atoms with van der Waals surface area (Å²) in [5.41, 5.74) is 0.271. The first-order chi connectivity index (χ1) is 9.31. The predicted octanol–water partition coefficient (Wildman–Crippen LogP) is 2.72. The molecule has 2 aliphatic carbocycles. The van der Waals surface area contributed by atoms with E-state index in [1.54, 1.807) is 0 Å². The van der Waals surface area contributed by atoms with Crippen LogP contribution in [0, 0.1) is 0 Å². The first kappa shape index (κ1) is 13.8. The minimum absolute atomic E-state index is 0.271. The summed E-state index contributed by atoms with van der Waals surface area (Å²) in [6, 6.07) is 0.773. The first-order valence-corrected chi connectivity index (χ1v) is 8.34. The summed E-state index contributed by atoms with van der Waals surface area (Å²) in [7, 11) is 0. The summed E-state index contributed by atoms with van der Waals surface area (Å²) >= 11 is 0. The minimum atomic E-state index is 0.271. The van der Waals surface area contributed by atoms with Gasteiger partial charge in [0.05, 0.1) is 11.7 Å². The van der Waals surface area contributed by atoms with Crippen LogP contribution >= 0.6 is 0 Å². The van der Waals surface area contributed by atoms with Gasteiger partial charge in [0.15, 0.2) is 0 Å². The summed E-state index contributed by atoms with van der Waals surface area (Å²) in [6.07, 6.45) is 13.3. The van der Waals surface area contributed by atoms with Crippen molar-refractivity contribution in [3.8, 4) is 0 Å². The molecule has 1 saturated heterocycles. The van der Waals surface area contributed by atoms with Crippen molar-refractivity contribution in [1.29, 1.82) is 0 Å². The number of ether oxygens (including phenoxy) is 1. The van der Waals surface area contributed by atoms with Gasteiger partial charge in [0.25, 0.3) is 0 Å². The quantitative estimate of drug-likeness (QED) is 0.803. The Morgan fingerprint density at radius 2 is 1.84 bits per heavy atom. The second-order valence-corrected chi connectivity index (χ2v) is 6.83. The van der Waals surface area contributed by atoms with E-state index in [0.29, 0.717) is 12.7 Å². The molecule has 110 valence electrons. The predicted molar refractivity (Wildman–Crippen MR) is 76.2 cm³/mol. The van der Waals surface area contributed by atoms with Gasteiger partial charge in [-0.3, -0.25) is 4.90 Å². The average Bonchev–Trinajstić information content (AvgIpc) is 2.95. The Bertz CT molecular complexity index is 284. The lowest BCUT2D eigenvalue weighted by molar-refractivity contribution is -0.0557. The van der Waals surface area contributed by atoms with Gasteiger partial charge in [0, 0.05) is 25.7 Å². The maximum Gasteiger partial charge on any atom is 0.0710 e. The van der Waals surface area contributed by atoms with Crippen molar-refractivity contribution >= 4 is 0 Å². The second kappa shape index (κ2) is 6.11. The molecule has 0 aromatic heterocycles. The average molecular weight is 267 g/mol. The third-order valence-corrected chi connectivity index (χ3v) is 5.49. The van der Waals surface area contributed by atoms with Crippen LogP contribution in [0.1, 0.15) is 64.2 Å². The van der Waals surface area contributed by atoms with Gasteiger partial charge in [-0.25, -0.2) is 0 Å². The molecular weight excluding hydrogens is 238 g/mol. The lowest BCUT2D eigenvalue weighted by Gasteiger charge is -2.39. The van der Waals surface area contributed by atoms with Gasteiger partial charge >= 0.3 is 0 Å². The van der Waals surface area contributed by atoms with Crippen molar-refractivity contribution < 1.29 is 9.84 Å². The van der Waals surface area contributed by atoms with E-state index in [1.807, 2.05) is 0 Å². The van der Waals surface area contributed by atoms with Crippen LogP contribution in [0.3, 0.4) is 0 Å². The maximum atomic E-state index is 9.06. The summed E-state index contributed by atoms with van der Waals surface area (Å²) in [5.74, 6) is 0. The summed E-state index contributed by atoms with van der Waals surface area (Å²) < 4.78 is 6.43. The van der Waals surface area contributed by atoms with E-state index < -0.39 is 0 Å². The molecule has 1 spiro atoms. The van der Waals surface area contributed by atoms with E-state index >= 15 is 0 Å². The number of rotatable bonds is 6. The van der Waals surface area contributed by atoms with Crippen molar-refractivity contribution in [2.75, 3.05) is 19.7 Å². The molecule has 1 atom stereocenters. The fraction of sp³-hybridized carbons (Fsp3) is 1.00. The zero-order chi connectivity index (χ0) is 13.1. The van der Waals surface area contributed by atoms with Gasteiger partial charge in [0.2, 0.25) is 0 Å². The second-order valence-electron chi connectivity index (χ2n) is 6.83. The van der Waals surface area contributed by atoms with Crippen LogP contribution in [-0.2, 0) is 4.74 Å².